The summed E-state index contributed by atoms with van der Waals surface area (Å²) in [5.74, 6) is 1.88. The maximum absolute atomic E-state index is 4.50. The SMILES string of the molecule is CCC1(CNC(=NC)NCc2nccn2Cc2ccccc2)CCCC1. The smallest absolute Gasteiger partial charge is 0.191 e. The van der Waals surface area contributed by atoms with E-state index >= 15 is 0 Å². The Balaban J connectivity index is 1.54. The molecule has 0 unspecified atom stereocenters. The number of rotatable bonds is 7. The summed E-state index contributed by atoms with van der Waals surface area (Å²) in [6.07, 6.45) is 10.5. The van der Waals surface area contributed by atoms with Gasteiger partial charge in [0.15, 0.2) is 5.96 Å². The van der Waals surface area contributed by atoms with Crippen LogP contribution in [0.5, 0.6) is 0 Å². The number of aliphatic imine (C=N–C) groups is 1. The molecular formula is C21H31N5. The van der Waals surface area contributed by atoms with Gasteiger partial charge in [-0.2, -0.15) is 0 Å². The zero-order valence-electron chi connectivity index (χ0n) is 16.0. The van der Waals surface area contributed by atoms with Crippen LogP contribution in [0.1, 0.15) is 50.4 Å². The van der Waals surface area contributed by atoms with Gasteiger partial charge in [0.25, 0.3) is 0 Å². The van der Waals surface area contributed by atoms with Crippen LogP contribution in [0.15, 0.2) is 47.7 Å². The molecule has 1 fully saturated rings. The van der Waals surface area contributed by atoms with Crippen LogP contribution >= 0.6 is 0 Å². The Morgan fingerprint density at radius 3 is 2.65 bits per heavy atom. The lowest BCUT2D eigenvalue weighted by Gasteiger charge is -2.28. The van der Waals surface area contributed by atoms with Crippen molar-refractivity contribution in [3.63, 3.8) is 0 Å². The fraction of sp³-hybridized carbons (Fsp3) is 0.524. The molecule has 1 aliphatic carbocycles. The third-order valence-electron chi connectivity index (χ3n) is 5.68. The molecule has 1 aromatic carbocycles. The van der Waals surface area contributed by atoms with Crippen molar-refractivity contribution < 1.29 is 0 Å². The highest BCUT2D eigenvalue weighted by atomic mass is 15.2. The molecule has 0 saturated heterocycles. The molecule has 0 spiro atoms. The second kappa shape index (κ2) is 8.88. The monoisotopic (exact) mass is 353 g/mol. The lowest BCUT2D eigenvalue weighted by Crippen LogP contribution is -2.42. The van der Waals surface area contributed by atoms with Gasteiger partial charge in [0, 0.05) is 32.5 Å². The second-order valence-electron chi connectivity index (χ2n) is 7.30. The van der Waals surface area contributed by atoms with Gasteiger partial charge < -0.3 is 15.2 Å². The Morgan fingerprint density at radius 2 is 1.96 bits per heavy atom. The van der Waals surface area contributed by atoms with E-state index < -0.39 is 0 Å². The largest absolute Gasteiger partial charge is 0.356 e. The van der Waals surface area contributed by atoms with Crippen molar-refractivity contribution in [3.8, 4) is 0 Å². The normalized spacial score (nSPS) is 16.6. The fourth-order valence-electron chi connectivity index (χ4n) is 3.87. The van der Waals surface area contributed by atoms with E-state index in [4.69, 9.17) is 0 Å². The summed E-state index contributed by atoms with van der Waals surface area (Å²) in [6, 6.07) is 10.5. The van der Waals surface area contributed by atoms with Crippen molar-refractivity contribution in [2.75, 3.05) is 13.6 Å². The quantitative estimate of drug-likeness (QED) is 0.591. The molecule has 3 rings (SSSR count). The molecule has 2 N–H and O–H groups in total. The van der Waals surface area contributed by atoms with Gasteiger partial charge in [0.05, 0.1) is 6.54 Å². The third-order valence-corrected chi connectivity index (χ3v) is 5.68. The Kier molecular flexibility index (Phi) is 6.31. The van der Waals surface area contributed by atoms with Gasteiger partial charge in [-0.25, -0.2) is 4.98 Å². The second-order valence-corrected chi connectivity index (χ2v) is 7.30. The number of hydrogen-bond donors (Lipinski definition) is 2. The number of hydrogen-bond acceptors (Lipinski definition) is 2. The van der Waals surface area contributed by atoms with E-state index in [0.29, 0.717) is 12.0 Å². The molecule has 26 heavy (non-hydrogen) atoms. The van der Waals surface area contributed by atoms with Crippen LogP contribution in [-0.4, -0.2) is 29.1 Å². The summed E-state index contributed by atoms with van der Waals surface area (Å²) >= 11 is 0. The van der Waals surface area contributed by atoms with Crippen LogP contribution in [0.3, 0.4) is 0 Å². The van der Waals surface area contributed by atoms with E-state index in [0.717, 1.165) is 24.9 Å². The molecular weight excluding hydrogens is 322 g/mol. The van der Waals surface area contributed by atoms with Crippen LogP contribution in [0.2, 0.25) is 0 Å². The van der Waals surface area contributed by atoms with Gasteiger partial charge >= 0.3 is 0 Å². The van der Waals surface area contributed by atoms with E-state index in [9.17, 15) is 0 Å². The molecule has 1 aromatic heterocycles. The highest BCUT2D eigenvalue weighted by Gasteiger charge is 2.31. The molecule has 5 nitrogen and oxygen atoms in total. The summed E-state index contributed by atoms with van der Waals surface area (Å²) in [4.78, 5) is 8.89. The van der Waals surface area contributed by atoms with Crippen LogP contribution in [0, 0.1) is 5.41 Å². The van der Waals surface area contributed by atoms with Gasteiger partial charge in [0.2, 0.25) is 0 Å². The van der Waals surface area contributed by atoms with E-state index in [2.05, 4.69) is 56.4 Å². The topological polar surface area (TPSA) is 54.2 Å². The predicted molar refractivity (Wildman–Crippen MR) is 107 cm³/mol. The molecule has 1 aliphatic rings. The number of aromatic nitrogens is 2. The molecule has 0 bridgehead atoms. The molecule has 1 saturated carbocycles. The number of nitrogens with one attached hydrogen (secondary N) is 2. The maximum atomic E-state index is 4.50. The number of imidazole rings is 1. The maximum Gasteiger partial charge on any atom is 0.191 e. The van der Waals surface area contributed by atoms with Crippen molar-refractivity contribution in [3.05, 3.63) is 54.1 Å². The lowest BCUT2D eigenvalue weighted by atomic mass is 9.83. The van der Waals surface area contributed by atoms with Crippen molar-refractivity contribution in [1.29, 1.82) is 0 Å². The third kappa shape index (κ3) is 4.65. The molecule has 0 amide bonds. The molecule has 2 aromatic rings. The summed E-state index contributed by atoms with van der Waals surface area (Å²) in [7, 11) is 1.83. The van der Waals surface area contributed by atoms with Crippen LogP contribution < -0.4 is 10.6 Å². The van der Waals surface area contributed by atoms with Crippen LogP contribution in [-0.2, 0) is 13.1 Å². The van der Waals surface area contributed by atoms with Crippen LogP contribution in [0.4, 0.5) is 0 Å². The summed E-state index contributed by atoms with van der Waals surface area (Å²) in [6.45, 7) is 4.81. The Bertz CT molecular complexity index is 698. The highest BCUT2D eigenvalue weighted by molar-refractivity contribution is 5.79. The van der Waals surface area contributed by atoms with Crippen LogP contribution in [0.25, 0.3) is 0 Å². The minimum atomic E-state index is 0.448. The van der Waals surface area contributed by atoms with Gasteiger partial charge in [-0.3, -0.25) is 4.99 Å². The van der Waals surface area contributed by atoms with Crippen molar-refractivity contribution >= 4 is 5.96 Å². The Hall–Kier alpha value is -2.30. The first-order chi connectivity index (χ1) is 12.7. The summed E-state index contributed by atoms with van der Waals surface area (Å²) < 4.78 is 2.18. The predicted octanol–water partition coefficient (Wildman–Crippen LogP) is 3.57. The van der Waals surface area contributed by atoms with E-state index in [1.807, 2.05) is 25.5 Å². The molecule has 0 atom stereocenters. The summed E-state index contributed by atoms with van der Waals surface area (Å²) in [5.41, 5.74) is 1.73. The van der Waals surface area contributed by atoms with Crippen molar-refractivity contribution in [2.24, 2.45) is 10.4 Å². The van der Waals surface area contributed by atoms with Gasteiger partial charge in [-0.15, -0.1) is 0 Å². The lowest BCUT2D eigenvalue weighted by molar-refractivity contribution is 0.283. The Morgan fingerprint density at radius 1 is 1.19 bits per heavy atom. The number of guanidine groups is 1. The molecule has 1 heterocycles. The zero-order valence-corrected chi connectivity index (χ0v) is 16.0. The minimum Gasteiger partial charge on any atom is -0.356 e. The summed E-state index contributed by atoms with van der Waals surface area (Å²) in [5, 5.41) is 6.96. The number of nitrogens with zero attached hydrogens (tertiary/aromatic N) is 3. The van der Waals surface area contributed by atoms with Crippen molar-refractivity contribution in [1.82, 2.24) is 20.2 Å². The molecule has 140 valence electrons. The molecule has 0 aliphatic heterocycles. The zero-order chi connectivity index (χ0) is 18.2. The first-order valence-corrected chi connectivity index (χ1v) is 9.73. The number of benzene rings is 1. The van der Waals surface area contributed by atoms with Gasteiger partial charge in [0.1, 0.15) is 5.82 Å². The average Bonchev–Trinajstić information content (AvgIpc) is 3.33. The van der Waals surface area contributed by atoms with Gasteiger partial charge in [-0.1, -0.05) is 50.1 Å². The average molecular weight is 354 g/mol. The standard InChI is InChI=1S/C21H31N5/c1-3-21(11-7-8-12-21)17-25-20(22-2)24-15-19-23-13-14-26(19)16-18-9-5-4-6-10-18/h4-6,9-10,13-14H,3,7-8,11-12,15-17H2,1-2H3,(H2,22,24,25). The van der Waals surface area contributed by atoms with E-state index in [1.165, 1.54) is 37.7 Å². The minimum absolute atomic E-state index is 0.448. The first-order valence-electron chi connectivity index (χ1n) is 9.73. The molecule has 5 heteroatoms. The Labute approximate surface area is 156 Å². The first kappa shape index (κ1) is 18.5. The van der Waals surface area contributed by atoms with Gasteiger partial charge in [-0.05, 0) is 30.2 Å². The fourth-order valence-corrected chi connectivity index (χ4v) is 3.87. The molecule has 0 radical (unpaired) electrons. The van der Waals surface area contributed by atoms with E-state index in [-0.39, 0.29) is 0 Å². The highest BCUT2D eigenvalue weighted by Crippen LogP contribution is 2.40. The van der Waals surface area contributed by atoms with E-state index in [1.54, 1.807) is 0 Å². The van der Waals surface area contributed by atoms with Crippen molar-refractivity contribution in [2.45, 2.75) is 52.1 Å².